The van der Waals surface area contributed by atoms with Gasteiger partial charge in [0.05, 0.1) is 12.1 Å². The summed E-state index contributed by atoms with van der Waals surface area (Å²) >= 11 is 0. The van der Waals surface area contributed by atoms with Crippen molar-refractivity contribution in [3.05, 3.63) is 60.2 Å². The Morgan fingerprint density at radius 1 is 1.07 bits per heavy atom. The fourth-order valence-corrected chi connectivity index (χ4v) is 2.56. The van der Waals surface area contributed by atoms with E-state index in [2.05, 4.69) is 16.2 Å². The molecule has 0 aliphatic carbocycles. The summed E-state index contributed by atoms with van der Waals surface area (Å²) in [5.74, 6) is -2.06. The second-order valence-corrected chi connectivity index (χ2v) is 6.24. The number of carbonyl (C=O) groups excluding carboxylic acids is 4. The molecule has 2 aromatic carbocycles. The van der Waals surface area contributed by atoms with Gasteiger partial charge >= 0.3 is 5.97 Å². The van der Waals surface area contributed by atoms with Gasteiger partial charge in [0.15, 0.2) is 12.2 Å². The smallest absolute Gasteiger partial charge is 0.310 e. The molecule has 0 radical (unpaired) electrons. The van der Waals surface area contributed by atoms with E-state index in [-0.39, 0.29) is 6.42 Å². The molecule has 9 heteroatoms. The molecule has 0 aromatic heterocycles. The van der Waals surface area contributed by atoms with E-state index in [0.717, 1.165) is 0 Å². The van der Waals surface area contributed by atoms with E-state index in [1.54, 1.807) is 54.6 Å². The number of esters is 1. The topological polar surface area (TPSA) is 123 Å². The molecule has 9 nitrogen and oxygen atoms in total. The van der Waals surface area contributed by atoms with E-state index in [1.165, 1.54) is 6.92 Å². The average Bonchev–Trinajstić information content (AvgIpc) is 2.72. The van der Waals surface area contributed by atoms with Crippen LogP contribution in [0.4, 0.5) is 5.69 Å². The summed E-state index contributed by atoms with van der Waals surface area (Å²) in [6.45, 7) is 1.35. The summed E-state index contributed by atoms with van der Waals surface area (Å²) in [6, 6.07) is 15.1. The lowest BCUT2D eigenvalue weighted by molar-refractivity contribution is -0.157. The third-order valence-electron chi connectivity index (χ3n) is 4.07. The first-order valence-corrected chi connectivity index (χ1v) is 8.85. The van der Waals surface area contributed by atoms with Crippen LogP contribution in [0.2, 0.25) is 0 Å². The Labute approximate surface area is 166 Å². The zero-order valence-corrected chi connectivity index (χ0v) is 15.5. The second kappa shape index (κ2) is 8.87. The number of amides is 3. The highest BCUT2D eigenvalue weighted by molar-refractivity contribution is 5.99. The first-order chi connectivity index (χ1) is 13.9. The van der Waals surface area contributed by atoms with Crippen molar-refractivity contribution in [2.45, 2.75) is 25.6 Å². The van der Waals surface area contributed by atoms with Gasteiger partial charge in [-0.1, -0.05) is 30.3 Å². The van der Waals surface area contributed by atoms with E-state index < -0.39 is 35.9 Å². The van der Waals surface area contributed by atoms with Crippen LogP contribution in [0, 0.1) is 0 Å². The van der Waals surface area contributed by atoms with Crippen molar-refractivity contribution in [1.82, 2.24) is 10.9 Å². The van der Waals surface area contributed by atoms with Gasteiger partial charge < -0.3 is 14.8 Å². The minimum absolute atomic E-state index is 0.359. The Kier molecular flexibility index (Phi) is 6.08. The van der Waals surface area contributed by atoms with Crippen LogP contribution < -0.4 is 20.9 Å². The van der Waals surface area contributed by atoms with Crippen molar-refractivity contribution in [2.24, 2.45) is 0 Å². The lowest BCUT2D eigenvalue weighted by Crippen LogP contribution is -2.47. The molecular formula is C20H19N3O6. The molecule has 0 saturated heterocycles. The molecule has 0 unspecified atom stereocenters. The molecule has 3 N–H and O–H groups in total. The molecule has 3 rings (SSSR count). The number of hydrogen-bond donors (Lipinski definition) is 3. The summed E-state index contributed by atoms with van der Waals surface area (Å²) in [5.41, 5.74) is 5.30. The predicted octanol–water partition coefficient (Wildman–Crippen LogP) is 1.17. The number of anilines is 1. The number of hydrazine groups is 1. The molecule has 2 atom stereocenters. The van der Waals surface area contributed by atoms with Crippen LogP contribution in [-0.2, 0) is 19.1 Å². The number of fused-ring (bicyclic) bond motifs is 1. The molecule has 0 bridgehead atoms. The lowest BCUT2D eigenvalue weighted by atomic mass is 10.1. The summed E-state index contributed by atoms with van der Waals surface area (Å²) in [6.07, 6.45) is -2.61. The van der Waals surface area contributed by atoms with E-state index in [0.29, 0.717) is 17.0 Å². The van der Waals surface area contributed by atoms with Gasteiger partial charge in [-0.25, -0.2) is 0 Å². The molecule has 1 heterocycles. The van der Waals surface area contributed by atoms with Crippen molar-refractivity contribution >= 4 is 29.4 Å². The lowest BCUT2D eigenvalue weighted by Gasteiger charge is -2.25. The molecule has 1 aliphatic rings. The Hall–Kier alpha value is -3.88. The molecule has 0 saturated carbocycles. The fraction of sp³-hybridized carbons (Fsp3) is 0.200. The zero-order chi connectivity index (χ0) is 20.8. The third kappa shape index (κ3) is 5.10. The van der Waals surface area contributed by atoms with Crippen molar-refractivity contribution < 1.29 is 28.7 Å². The highest BCUT2D eigenvalue weighted by Gasteiger charge is 2.31. The van der Waals surface area contributed by atoms with Crippen LogP contribution in [0.1, 0.15) is 23.7 Å². The largest absolute Gasteiger partial charge is 0.478 e. The number of benzene rings is 2. The molecule has 0 spiro atoms. The van der Waals surface area contributed by atoms with Gasteiger partial charge in [-0.2, -0.15) is 0 Å². The molecule has 150 valence electrons. The van der Waals surface area contributed by atoms with Crippen molar-refractivity contribution in [2.75, 3.05) is 5.32 Å². The van der Waals surface area contributed by atoms with Crippen LogP contribution in [0.15, 0.2) is 54.6 Å². The highest BCUT2D eigenvalue weighted by Crippen LogP contribution is 2.29. The quantitative estimate of drug-likeness (QED) is 0.514. The van der Waals surface area contributed by atoms with E-state index >= 15 is 0 Å². The van der Waals surface area contributed by atoms with Crippen molar-refractivity contribution in [1.29, 1.82) is 0 Å². The predicted molar refractivity (Wildman–Crippen MR) is 102 cm³/mol. The second-order valence-electron chi connectivity index (χ2n) is 6.24. The fourth-order valence-electron chi connectivity index (χ4n) is 2.56. The summed E-state index contributed by atoms with van der Waals surface area (Å²) in [4.78, 5) is 48.1. The first kappa shape index (κ1) is 19.9. The van der Waals surface area contributed by atoms with Gasteiger partial charge in [0.25, 0.3) is 17.7 Å². The Balaban J connectivity index is 1.47. The number of para-hydroxylation sites is 2. The van der Waals surface area contributed by atoms with Gasteiger partial charge in [-0.3, -0.25) is 30.0 Å². The zero-order valence-electron chi connectivity index (χ0n) is 15.5. The molecule has 1 aliphatic heterocycles. The number of nitrogens with one attached hydrogen (secondary N) is 3. The Morgan fingerprint density at radius 3 is 2.52 bits per heavy atom. The minimum atomic E-state index is -1.18. The van der Waals surface area contributed by atoms with Gasteiger partial charge in [-0.05, 0) is 31.2 Å². The number of carbonyl (C=O) groups is 4. The summed E-state index contributed by atoms with van der Waals surface area (Å²) in [7, 11) is 0. The van der Waals surface area contributed by atoms with Crippen molar-refractivity contribution in [3.8, 4) is 5.75 Å². The maximum atomic E-state index is 12.1. The van der Waals surface area contributed by atoms with E-state index in [1.807, 2.05) is 0 Å². The normalized spacial score (nSPS) is 15.8. The Bertz CT molecular complexity index is 931. The standard InChI is InChI=1S/C20H19N3O6/c1-12(18(25)22-23-19(26)13-7-3-2-4-8-13)28-17(24)11-16-20(27)21-14-9-5-6-10-15(14)29-16/h2-10,12,16H,11H2,1H3,(H,21,27)(H,22,25)(H,23,26)/t12-,16+/m0/s1. The summed E-state index contributed by atoms with van der Waals surface area (Å²) < 4.78 is 10.5. The molecule has 29 heavy (non-hydrogen) atoms. The number of ether oxygens (including phenoxy) is 2. The third-order valence-corrected chi connectivity index (χ3v) is 4.07. The van der Waals surface area contributed by atoms with Crippen LogP contribution in [0.3, 0.4) is 0 Å². The van der Waals surface area contributed by atoms with E-state index in [9.17, 15) is 19.2 Å². The van der Waals surface area contributed by atoms with Crippen LogP contribution >= 0.6 is 0 Å². The monoisotopic (exact) mass is 397 g/mol. The Morgan fingerprint density at radius 2 is 1.76 bits per heavy atom. The summed E-state index contributed by atoms with van der Waals surface area (Å²) in [5, 5.41) is 2.64. The van der Waals surface area contributed by atoms with Gasteiger partial charge in [0.1, 0.15) is 5.75 Å². The van der Waals surface area contributed by atoms with Gasteiger partial charge in [0, 0.05) is 5.56 Å². The molecule has 3 amide bonds. The van der Waals surface area contributed by atoms with Gasteiger partial charge in [0.2, 0.25) is 0 Å². The molecule has 2 aromatic rings. The van der Waals surface area contributed by atoms with Crippen LogP contribution in [-0.4, -0.2) is 35.9 Å². The highest BCUT2D eigenvalue weighted by atomic mass is 16.6. The van der Waals surface area contributed by atoms with Crippen LogP contribution in [0.25, 0.3) is 0 Å². The number of rotatable bonds is 5. The maximum Gasteiger partial charge on any atom is 0.310 e. The average molecular weight is 397 g/mol. The molecular weight excluding hydrogens is 378 g/mol. The van der Waals surface area contributed by atoms with Gasteiger partial charge in [-0.15, -0.1) is 0 Å². The maximum absolute atomic E-state index is 12.1. The molecule has 0 fully saturated rings. The van der Waals surface area contributed by atoms with E-state index in [4.69, 9.17) is 9.47 Å². The first-order valence-electron chi connectivity index (χ1n) is 8.85. The van der Waals surface area contributed by atoms with Crippen LogP contribution in [0.5, 0.6) is 5.75 Å². The number of hydrogen-bond acceptors (Lipinski definition) is 6. The van der Waals surface area contributed by atoms with Crippen molar-refractivity contribution in [3.63, 3.8) is 0 Å². The minimum Gasteiger partial charge on any atom is -0.478 e. The SMILES string of the molecule is C[C@H](OC(=O)C[C@H]1Oc2ccccc2NC1=O)C(=O)NNC(=O)c1ccccc1.